The van der Waals surface area contributed by atoms with Crippen molar-refractivity contribution in [2.45, 2.75) is 12.6 Å². The third kappa shape index (κ3) is 5.12. The average Bonchev–Trinajstić information content (AvgIpc) is 3.19. The first-order valence-corrected chi connectivity index (χ1v) is 10.9. The summed E-state index contributed by atoms with van der Waals surface area (Å²) in [7, 11) is 2.08. The maximum absolute atomic E-state index is 13.4. The Labute approximate surface area is 191 Å². The van der Waals surface area contributed by atoms with Crippen molar-refractivity contribution in [3.8, 4) is 22.5 Å². The molecule has 33 heavy (non-hydrogen) atoms. The van der Waals surface area contributed by atoms with Crippen molar-refractivity contribution in [2.75, 3.05) is 39.8 Å². The van der Waals surface area contributed by atoms with E-state index in [1.807, 2.05) is 30.3 Å². The van der Waals surface area contributed by atoms with Gasteiger partial charge in [0.2, 0.25) is 0 Å². The van der Waals surface area contributed by atoms with Gasteiger partial charge in [0.15, 0.2) is 0 Å². The van der Waals surface area contributed by atoms with Gasteiger partial charge in [-0.25, -0.2) is 0 Å². The van der Waals surface area contributed by atoms with Crippen molar-refractivity contribution in [2.24, 2.45) is 5.73 Å². The second-order valence-electron chi connectivity index (χ2n) is 8.43. The number of halogens is 3. The van der Waals surface area contributed by atoms with Crippen molar-refractivity contribution in [3.63, 3.8) is 0 Å². The van der Waals surface area contributed by atoms with Crippen LogP contribution >= 0.6 is 0 Å². The third-order valence-corrected chi connectivity index (χ3v) is 6.16. The van der Waals surface area contributed by atoms with E-state index in [4.69, 9.17) is 5.73 Å². The number of hydrogen-bond donors (Lipinski definition) is 2. The highest BCUT2D eigenvalue weighted by atomic mass is 19.4. The van der Waals surface area contributed by atoms with Crippen LogP contribution in [0.2, 0.25) is 0 Å². The molecule has 0 spiro atoms. The van der Waals surface area contributed by atoms with Gasteiger partial charge in [-0.1, -0.05) is 42.5 Å². The highest BCUT2D eigenvalue weighted by Gasteiger charge is 2.31. The number of benzene rings is 2. The third-order valence-electron chi connectivity index (χ3n) is 6.16. The van der Waals surface area contributed by atoms with Crippen LogP contribution in [0.25, 0.3) is 22.5 Å². The van der Waals surface area contributed by atoms with Crippen LogP contribution in [0.3, 0.4) is 0 Å². The molecule has 0 aliphatic carbocycles. The Morgan fingerprint density at radius 1 is 0.970 bits per heavy atom. The molecule has 1 aromatic heterocycles. The van der Waals surface area contributed by atoms with Crippen molar-refractivity contribution in [3.05, 3.63) is 71.3 Å². The molecule has 4 rings (SSSR count). The Balaban J connectivity index is 1.80. The minimum Gasteiger partial charge on any atom is -0.366 e. The number of rotatable bonds is 6. The van der Waals surface area contributed by atoms with Crippen molar-refractivity contribution < 1.29 is 18.0 Å². The molecule has 0 atom stereocenters. The van der Waals surface area contributed by atoms with E-state index in [1.165, 1.54) is 6.07 Å². The van der Waals surface area contributed by atoms with Crippen LogP contribution in [0.1, 0.15) is 21.5 Å². The lowest BCUT2D eigenvalue weighted by atomic mass is 9.97. The fourth-order valence-corrected chi connectivity index (χ4v) is 4.32. The summed E-state index contributed by atoms with van der Waals surface area (Å²) >= 11 is 0. The first kappa shape index (κ1) is 23.1. The molecule has 174 valence electrons. The fraction of sp³-hybridized carbons (Fsp3) is 0.320. The normalized spacial score (nSPS) is 15.6. The number of carbonyl (C=O) groups is 1. The number of likely N-dealkylation sites (N-methyl/N-ethyl adjacent to an activating group) is 1. The molecule has 2 aromatic carbocycles. The van der Waals surface area contributed by atoms with Crippen molar-refractivity contribution >= 4 is 5.91 Å². The van der Waals surface area contributed by atoms with E-state index < -0.39 is 17.6 Å². The molecule has 5 nitrogen and oxygen atoms in total. The van der Waals surface area contributed by atoms with E-state index >= 15 is 0 Å². The van der Waals surface area contributed by atoms with Gasteiger partial charge in [-0.3, -0.25) is 4.79 Å². The minimum atomic E-state index is -4.46. The molecule has 3 aromatic rings. The van der Waals surface area contributed by atoms with Crippen LogP contribution in [0.5, 0.6) is 0 Å². The zero-order valence-corrected chi connectivity index (χ0v) is 18.5. The topological polar surface area (TPSA) is 65.4 Å². The number of nitrogens with one attached hydrogen (secondary N) is 1. The summed E-state index contributed by atoms with van der Waals surface area (Å²) in [4.78, 5) is 20.4. The number of H-pyrrole nitrogens is 1. The molecule has 0 saturated carbocycles. The molecule has 2 heterocycles. The van der Waals surface area contributed by atoms with Gasteiger partial charge in [0, 0.05) is 38.4 Å². The molecule has 3 N–H and O–H groups in total. The highest BCUT2D eigenvalue weighted by Crippen LogP contribution is 2.37. The number of hydrogen-bond acceptors (Lipinski definition) is 3. The standard InChI is InChI=1S/C25H27F3N4O/c1-31-12-14-32(15-13-31)11-10-20-21(24(29)33)23(17-6-3-2-4-7-17)30-22(20)18-8-5-9-19(16-18)25(26,27)28/h2-9,16,30H,10-15H2,1H3,(H2,29,33). The lowest BCUT2D eigenvalue weighted by molar-refractivity contribution is -0.137. The summed E-state index contributed by atoms with van der Waals surface area (Å²) in [6.07, 6.45) is -3.96. The summed E-state index contributed by atoms with van der Waals surface area (Å²) in [5.74, 6) is -0.600. The second-order valence-corrected chi connectivity index (χ2v) is 8.43. The van der Waals surface area contributed by atoms with Gasteiger partial charge in [0.05, 0.1) is 16.8 Å². The molecule has 0 unspecified atom stereocenters. The van der Waals surface area contributed by atoms with Crippen LogP contribution in [0, 0.1) is 0 Å². The smallest absolute Gasteiger partial charge is 0.366 e. The summed E-state index contributed by atoms with van der Waals surface area (Å²) in [6, 6.07) is 14.4. The first-order chi connectivity index (χ1) is 15.7. The lowest BCUT2D eigenvalue weighted by Gasteiger charge is -2.32. The average molecular weight is 457 g/mol. The van der Waals surface area contributed by atoms with E-state index in [-0.39, 0.29) is 0 Å². The van der Waals surface area contributed by atoms with Gasteiger partial charge in [-0.05, 0) is 42.3 Å². The summed E-state index contributed by atoms with van der Waals surface area (Å²) < 4.78 is 40.2. The number of piperazine rings is 1. The van der Waals surface area contributed by atoms with Gasteiger partial charge in [-0.2, -0.15) is 13.2 Å². The monoisotopic (exact) mass is 456 g/mol. The molecule has 1 aliphatic rings. The van der Waals surface area contributed by atoms with Crippen LogP contribution < -0.4 is 5.73 Å². The SMILES string of the molecule is CN1CCN(CCc2c(-c3cccc(C(F)(F)F)c3)[nH]c(-c3ccccc3)c2C(N)=O)CC1. The Bertz CT molecular complexity index is 1120. The number of aromatic amines is 1. The Hall–Kier alpha value is -3.10. The van der Waals surface area contributed by atoms with E-state index in [9.17, 15) is 18.0 Å². The molecular formula is C25H27F3N4O. The van der Waals surface area contributed by atoms with Gasteiger partial charge in [-0.15, -0.1) is 0 Å². The van der Waals surface area contributed by atoms with E-state index in [2.05, 4.69) is 21.8 Å². The zero-order valence-electron chi connectivity index (χ0n) is 18.5. The summed E-state index contributed by atoms with van der Waals surface area (Å²) in [6.45, 7) is 4.39. The fourth-order valence-electron chi connectivity index (χ4n) is 4.32. The number of primary amides is 1. The number of aromatic nitrogens is 1. The Morgan fingerprint density at radius 2 is 1.64 bits per heavy atom. The van der Waals surface area contributed by atoms with E-state index in [0.29, 0.717) is 41.0 Å². The number of amides is 1. The molecular weight excluding hydrogens is 429 g/mol. The minimum absolute atomic E-state index is 0.336. The lowest BCUT2D eigenvalue weighted by Crippen LogP contribution is -2.45. The number of nitrogens with two attached hydrogens (primary N) is 1. The summed E-state index contributed by atoms with van der Waals surface area (Å²) in [5, 5.41) is 0. The largest absolute Gasteiger partial charge is 0.416 e. The van der Waals surface area contributed by atoms with Crippen LogP contribution in [0.4, 0.5) is 13.2 Å². The molecule has 8 heteroatoms. The summed E-state index contributed by atoms with van der Waals surface area (Å²) in [5.41, 5.74) is 8.23. The van der Waals surface area contributed by atoms with Crippen LogP contribution in [-0.2, 0) is 12.6 Å². The molecule has 1 fully saturated rings. The Morgan fingerprint density at radius 3 is 2.27 bits per heavy atom. The first-order valence-electron chi connectivity index (χ1n) is 10.9. The Kier molecular flexibility index (Phi) is 6.58. The molecule has 1 aliphatic heterocycles. The van der Waals surface area contributed by atoms with Crippen LogP contribution in [-0.4, -0.2) is 60.5 Å². The van der Waals surface area contributed by atoms with Crippen LogP contribution in [0.15, 0.2) is 54.6 Å². The van der Waals surface area contributed by atoms with Gasteiger partial charge < -0.3 is 20.5 Å². The molecule has 1 amide bonds. The number of carbonyl (C=O) groups excluding carboxylic acids is 1. The molecule has 1 saturated heterocycles. The van der Waals surface area contributed by atoms with E-state index in [1.54, 1.807) is 6.07 Å². The van der Waals surface area contributed by atoms with Gasteiger partial charge >= 0.3 is 6.18 Å². The van der Waals surface area contributed by atoms with E-state index in [0.717, 1.165) is 43.9 Å². The van der Waals surface area contributed by atoms with Crippen molar-refractivity contribution in [1.29, 1.82) is 0 Å². The zero-order chi connectivity index (χ0) is 23.6. The maximum Gasteiger partial charge on any atom is 0.416 e. The number of nitrogens with zero attached hydrogens (tertiary/aromatic N) is 2. The predicted octanol–water partition coefficient (Wildman–Crippen LogP) is 4.26. The van der Waals surface area contributed by atoms with Crippen molar-refractivity contribution in [1.82, 2.24) is 14.8 Å². The molecule has 0 radical (unpaired) electrons. The highest BCUT2D eigenvalue weighted by molar-refractivity contribution is 6.03. The maximum atomic E-state index is 13.4. The molecule has 0 bridgehead atoms. The quantitative estimate of drug-likeness (QED) is 0.583. The predicted molar refractivity (Wildman–Crippen MR) is 123 cm³/mol. The second kappa shape index (κ2) is 9.41. The number of alkyl halides is 3. The van der Waals surface area contributed by atoms with Gasteiger partial charge in [0.1, 0.15) is 0 Å². The van der Waals surface area contributed by atoms with Gasteiger partial charge in [0.25, 0.3) is 5.91 Å².